The molecule has 0 bridgehead atoms. The number of hydrogen-bond donors (Lipinski definition) is 2. The third kappa shape index (κ3) is 4.19. The van der Waals surface area contributed by atoms with Crippen LogP contribution in [0.1, 0.15) is 23.5 Å². The molecule has 1 aliphatic heterocycles. The van der Waals surface area contributed by atoms with Crippen LogP contribution in [0.25, 0.3) is 0 Å². The summed E-state index contributed by atoms with van der Waals surface area (Å²) >= 11 is 3.44. The van der Waals surface area contributed by atoms with Crippen molar-refractivity contribution in [1.29, 1.82) is 0 Å². The largest absolute Gasteiger partial charge is 0.496 e. The molecule has 27 heavy (non-hydrogen) atoms. The van der Waals surface area contributed by atoms with Crippen LogP contribution in [0.2, 0.25) is 0 Å². The fourth-order valence-corrected chi connectivity index (χ4v) is 3.55. The van der Waals surface area contributed by atoms with Crippen molar-refractivity contribution in [3.8, 4) is 5.75 Å². The summed E-state index contributed by atoms with van der Waals surface area (Å²) in [5, 5.41) is 5.43. The summed E-state index contributed by atoms with van der Waals surface area (Å²) < 4.78 is 19.3. The molecule has 2 aromatic carbocycles. The lowest BCUT2D eigenvalue weighted by Gasteiger charge is -2.24. The van der Waals surface area contributed by atoms with Crippen molar-refractivity contribution in [2.45, 2.75) is 19.3 Å². The zero-order chi connectivity index (χ0) is 19.6. The van der Waals surface area contributed by atoms with Gasteiger partial charge in [0.1, 0.15) is 11.6 Å². The van der Waals surface area contributed by atoms with Crippen molar-refractivity contribution < 1.29 is 18.7 Å². The van der Waals surface area contributed by atoms with Gasteiger partial charge in [0.05, 0.1) is 12.8 Å². The maximum Gasteiger partial charge on any atom is 0.253 e. The van der Waals surface area contributed by atoms with Gasteiger partial charge in [-0.25, -0.2) is 4.39 Å². The summed E-state index contributed by atoms with van der Waals surface area (Å²) in [6.07, 6.45) is 1.53. The van der Waals surface area contributed by atoms with Crippen LogP contribution >= 0.6 is 15.9 Å². The van der Waals surface area contributed by atoms with E-state index in [1.807, 2.05) is 13.0 Å². The lowest BCUT2D eigenvalue weighted by molar-refractivity contribution is -0.121. The Morgan fingerprint density at radius 2 is 2.00 bits per heavy atom. The van der Waals surface area contributed by atoms with Gasteiger partial charge in [-0.05, 0) is 52.2 Å². The average Bonchev–Trinajstić information content (AvgIpc) is 2.64. The highest BCUT2D eigenvalue weighted by Crippen LogP contribution is 2.34. The molecule has 7 heteroatoms. The predicted octanol–water partition coefficient (Wildman–Crippen LogP) is 4.03. The first-order chi connectivity index (χ1) is 12.9. The minimum absolute atomic E-state index is 0.114. The number of carbonyl (C=O) groups is 2. The molecule has 1 unspecified atom stereocenters. The molecule has 2 N–H and O–H groups in total. The lowest BCUT2D eigenvalue weighted by Crippen LogP contribution is -2.32. The fraction of sp³-hybridized carbons (Fsp3) is 0.200. The Morgan fingerprint density at radius 1 is 1.30 bits per heavy atom. The Balaban J connectivity index is 1.90. The molecule has 2 amide bonds. The molecule has 0 saturated heterocycles. The molecule has 1 heterocycles. The molecule has 2 aromatic rings. The van der Waals surface area contributed by atoms with Gasteiger partial charge in [-0.2, -0.15) is 0 Å². The van der Waals surface area contributed by atoms with E-state index in [9.17, 15) is 14.0 Å². The summed E-state index contributed by atoms with van der Waals surface area (Å²) in [6.45, 7) is 1.90. The topological polar surface area (TPSA) is 67.4 Å². The number of ether oxygens (including phenoxy) is 1. The molecule has 0 aromatic heterocycles. The second-order valence-electron chi connectivity index (χ2n) is 6.23. The van der Waals surface area contributed by atoms with Gasteiger partial charge in [0.2, 0.25) is 5.91 Å². The van der Waals surface area contributed by atoms with Gasteiger partial charge in [-0.1, -0.05) is 12.1 Å². The SMILES string of the molecule is COc1cc(NC(=O)C2=CNC(=O)CC2c2ccc(F)cc2)c(Br)cc1C. The molecular formula is C20H18BrFN2O3. The van der Waals surface area contributed by atoms with Gasteiger partial charge in [-0.15, -0.1) is 0 Å². The minimum atomic E-state index is -0.453. The first-order valence-corrected chi connectivity index (χ1v) is 9.08. The molecule has 3 rings (SSSR count). The van der Waals surface area contributed by atoms with E-state index in [2.05, 4.69) is 26.6 Å². The van der Waals surface area contributed by atoms with Crippen molar-refractivity contribution in [3.63, 3.8) is 0 Å². The van der Waals surface area contributed by atoms with Crippen LogP contribution in [-0.4, -0.2) is 18.9 Å². The molecule has 1 atom stereocenters. The van der Waals surface area contributed by atoms with E-state index in [4.69, 9.17) is 4.74 Å². The van der Waals surface area contributed by atoms with Crippen LogP contribution in [0.4, 0.5) is 10.1 Å². The van der Waals surface area contributed by atoms with Gasteiger partial charge < -0.3 is 15.4 Å². The quantitative estimate of drug-likeness (QED) is 0.765. The Labute approximate surface area is 164 Å². The van der Waals surface area contributed by atoms with E-state index in [0.29, 0.717) is 27.0 Å². The van der Waals surface area contributed by atoms with Crippen LogP contribution in [-0.2, 0) is 9.59 Å². The van der Waals surface area contributed by atoms with E-state index in [1.54, 1.807) is 25.3 Å². The van der Waals surface area contributed by atoms with Gasteiger partial charge in [0.25, 0.3) is 5.91 Å². The van der Waals surface area contributed by atoms with E-state index in [0.717, 1.165) is 5.56 Å². The molecule has 0 saturated carbocycles. The van der Waals surface area contributed by atoms with Gasteiger partial charge >= 0.3 is 0 Å². The maximum atomic E-state index is 13.2. The first kappa shape index (κ1) is 19.1. The molecule has 5 nitrogen and oxygen atoms in total. The number of hydrogen-bond acceptors (Lipinski definition) is 3. The highest BCUT2D eigenvalue weighted by Gasteiger charge is 2.29. The fourth-order valence-electron chi connectivity index (χ4n) is 2.99. The zero-order valence-corrected chi connectivity index (χ0v) is 16.4. The summed E-state index contributed by atoms with van der Waals surface area (Å²) in [5.74, 6) is -0.723. The number of carbonyl (C=O) groups excluding carboxylic acids is 2. The average molecular weight is 433 g/mol. The Bertz CT molecular complexity index is 926. The van der Waals surface area contributed by atoms with Crippen LogP contribution in [0.15, 0.2) is 52.6 Å². The normalized spacial score (nSPS) is 16.4. The second-order valence-corrected chi connectivity index (χ2v) is 7.09. The monoisotopic (exact) mass is 432 g/mol. The number of nitrogens with one attached hydrogen (secondary N) is 2. The van der Waals surface area contributed by atoms with Gasteiger partial charge in [0.15, 0.2) is 0 Å². The van der Waals surface area contributed by atoms with Crippen LogP contribution < -0.4 is 15.4 Å². The standard InChI is InChI=1S/C20H18BrFN2O3/c1-11-7-16(21)17(9-18(11)27-2)24-20(26)15-10-23-19(25)8-14(15)12-3-5-13(22)6-4-12/h3-7,9-10,14H,8H2,1-2H3,(H,23,25)(H,24,26). The Kier molecular flexibility index (Phi) is 5.60. The molecule has 1 aliphatic rings. The maximum absolute atomic E-state index is 13.2. The number of halogens is 2. The van der Waals surface area contributed by atoms with Crippen molar-refractivity contribution in [2.75, 3.05) is 12.4 Å². The molecule has 140 valence electrons. The summed E-state index contributed by atoms with van der Waals surface area (Å²) in [4.78, 5) is 24.7. The van der Waals surface area contributed by atoms with Gasteiger partial charge in [0, 0.05) is 34.7 Å². The number of methoxy groups -OCH3 is 1. The zero-order valence-electron chi connectivity index (χ0n) is 14.8. The highest BCUT2D eigenvalue weighted by atomic mass is 79.9. The minimum Gasteiger partial charge on any atom is -0.496 e. The van der Waals surface area contributed by atoms with Crippen molar-refractivity contribution in [2.24, 2.45) is 0 Å². The molecule has 0 aliphatic carbocycles. The number of benzene rings is 2. The first-order valence-electron chi connectivity index (χ1n) is 8.29. The highest BCUT2D eigenvalue weighted by molar-refractivity contribution is 9.10. The predicted molar refractivity (Wildman–Crippen MR) is 104 cm³/mol. The van der Waals surface area contributed by atoms with Crippen LogP contribution in [0.3, 0.4) is 0 Å². The molecule has 0 spiro atoms. The Morgan fingerprint density at radius 3 is 2.67 bits per heavy atom. The molecule has 0 radical (unpaired) electrons. The number of aryl methyl sites for hydroxylation is 1. The Hall–Kier alpha value is -2.67. The summed E-state index contributed by atoms with van der Waals surface area (Å²) in [6, 6.07) is 9.39. The van der Waals surface area contributed by atoms with E-state index >= 15 is 0 Å². The van der Waals surface area contributed by atoms with Crippen molar-refractivity contribution in [1.82, 2.24) is 5.32 Å². The molecular weight excluding hydrogens is 415 g/mol. The van der Waals surface area contributed by atoms with E-state index < -0.39 is 5.92 Å². The number of anilines is 1. The van der Waals surface area contributed by atoms with Crippen molar-refractivity contribution >= 4 is 33.4 Å². The number of rotatable bonds is 4. The number of amides is 2. The van der Waals surface area contributed by atoms with Crippen molar-refractivity contribution in [3.05, 3.63) is 69.6 Å². The second kappa shape index (κ2) is 7.92. The van der Waals surface area contributed by atoms with Crippen LogP contribution in [0.5, 0.6) is 5.75 Å². The van der Waals surface area contributed by atoms with Gasteiger partial charge in [-0.3, -0.25) is 9.59 Å². The molecule has 0 fully saturated rings. The lowest BCUT2D eigenvalue weighted by atomic mass is 9.86. The summed E-state index contributed by atoms with van der Waals surface area (Å²) in [7, 11) is 1.56. The smallest absolute Gasteiger partial charge is 0.253 e. The van der Waals surface area contributed by atoms with Crippen LogP contribution in [0, 0.1) is 12.7 Å². The third-order valence-electron chi connectivity index (χ3n) is 4.42. The van der Waals surface area contributed by atoms with E-state index in [-0.39, 0.29) is 24.1 Å². The van der Waals surface area contributed by atoms with E-state index in [1.165, 1.54) is 18.3 Å². The summed E-state index contributed by atoms with van der Waals surface area (Å²) in [5.41, 5.74) is 2.58. The third-order valence-corrected chi connectivity index (χ3v) is 5.08.